The molecule has 0 aromatic heterocycles. The molecule has 8 heteroatoms. The number of hydrogen-bond acceptors (Lipinski definition) is 7. The number of hydrogen-bond donors (Lipinski definition) is 0. The predicted octanol–water partition coefficient (Wildman–Crippen LogP) is 3.65. The number of esters is 2. The van der Waals surface area contributed by atoms with Crippen molar-refractivity contribution in [1.29, 1.82) is 0 Å². The Bertz CT molecular complexity index is 599. The number of carbonyl (C=O) groups excluding carboxylic acids is 4. The standard InChI is InChI=1S/C22H38O7.Zr/c1-13(2)27-17(25)21(11,15(23)19(5,6)7)29-22(12,16(24)20(8,9)10)18(26)28-14(3)4;/h13-14H,1-12H3;. The van der Waals surface area contributed by atoms with Crippen LogP contribution in [-0.4, -0.2) is 46.9 Å². The normalized spacial score (nSPS) is 16.2. The van der Waals surface area contributed by atoms with E-state index in [0.29, 0.717) is 0 Å². The predicted molar refractivity (Wildman–Crippen MR) is 109 cm³/mol. The fourth-order valence-electron chi connectivity index (χ4n) is 2.85. The zero-order valence-electron chi connectivity index (χ0n) is 20.5. The minimum absolute atomic E-state index is 0. The van der Waals surface area contributed by atoms with Gasteiger partial charge in [-0.3, -0.25) is 9.59 Å². The third-order valence-electron chi connectivity index (χ3n) is 4.10. The smallest absolute Gasteiger partial charge is 0.346 e. The molecule has 0 aliphatic heterocycles. The van der Waals surface area contributed by atoms with Crippen molar-refractivity contribution in [3.63, 3.8) is 0 Å². The van der Waals surface area contributed by atoms with Gasteiger partial charge in [-0.1, -0.05) is 41.5 Å². The van der Waals surface area contributed by atoms with Crippen molar-refractivity contribution in [2.24, 2.45) is 10.8 Å². The average molecular weight is 506 g/mol. The van der Waals surface area contributed by atoms with Crippen LogP contribution in [0.25, 0.3) is 0 Å². The van der Waals surface area contributed by atoms with E-state index in [0.717, 1.165) is 0 Å². The van der Waals surface area contributed by atoms with Crippen molar-refractivity contribution >= 4 is 23.5 Å². The molecule has 0 aromatic carbocycles. The Kier molecular flexibility index (Phi) is 11.1. The molecule has 30 heavy (non-hydrogen) atoms. The van der Waals surface area contributed by atoms with Crippen molar-refractivity contribution in [3.05, 3.63) is 0 Å². The molecule has 0 saturated carbocycles. The first-order chi connectivity index (χ1) is 12.7. The van der Waals surface area contributed by atoms with Gasteiger partial charge in [0.1, 0.15) is 0 Å². The maximum absolute atomic E-state index is 13.2. The summed E-state index contributed by atoms with van der Waals surface area (Å²) in [6, 6.07) is 0. The molecule has 0 radical (unpaired) electrons. The second kappa shape index (κ2) is 10.6. The van der Waals surface area contributed by atoms with Crippen LogP contribution in [0.4, 0.5) is 0 Å². The molecule has 0 aliphatic carbocycles. The number of ketones is 2. The van der Waals surface area contributed by atoms with Gasteiger partial charge in [0.25, 0.3) is 0 Å². The fraction of sp³-hybridized carbons (Fsp3) is 0.818. The summed E-state index contributed by atoms with van der Waals surface area (Å²) in [4.78, 5) is 52.3. The summed E-state index contributed by atoms with van der Waals surface area (Å²) >= 11 is 0. The summed E-state index contributed by atoms with van der Waals surface area (Å²) in [7, 11) is 0. The maximum atomic E-state index is 13.2. The van der Waals surface area contributed by atoms with Gasteiger partial charge in [0.05, 0.1) is 12.2 Å². The van der Waals surface area contributed by atoms with Crippen LogP contribution in [0.3, 0.4) is 0 Å². The Hall–Kier alpha value is -0.877. The molecule has 172 valence electrons. The summed E-state index contributed by atoms with van der Waals surface area (Å²) < 4.78 is 16.4. The molecule has 2 unspecified atom stereocenters. The van der Waals surface area contributed by atoms with Gasteiger partial charge in [-0.25, -0.2) is 9.59 Å². The van der Waals surface area contributed by atoms with E-state index in [4.69, 9.17) is 14.2 Å². The Balaban J connectivity index is 0. The molecule has 0 rings (SSSR count). The number of Topliss-reactive ketones (excluding diaryl/α,β-unsaturated/α-hetero) is 2. The van der Waals surface area contributed by atoms with Crippen LogP contribution < -0.4 is 0 Å². The van der Waals surface area contributed by atoms with Crippen molar-refractivity contribution in [2.75, 3.05) is 0 Å². The van der Waals surface area contributed by atoms with Crippen LogP contribution in [0, 0.1) is 10.8 Å². The van der Waals surface area contributed by atoms with E-state index in [-0.39, 0.29) is 26.2 Å². The minimum atomic E-state index is -2.19. The summed E-state index contributed by atoms with van der Waals surface area (Å²) in [5.74, 6) is -3.14. The first-order valence-corrected chi connectivity index (χ1v) is 9.91. The average Bonchev–Trinajstić information content (AvgIpc) is 2.49. The number of carbonyl (C=O) groups is 4. The largest absolute Gasteiger partial charge is 0.460 e. The molecule has 0 aromatic rings. The molecule has 2 atom stereocenters. The van der Waals surface area contributed by atoms with E-state index < -0.39 is 57.7 Å². The van der Waals surface area contributed by atoms with Gasteiger partial charge in [-0.15, -0.1) is 0 Å². The second-order valence-corrected chi connectivity index (χ2v) is 10.2. The van der Waals surface area contributed by atoms with Gasteiger partial charge in [-0.2, -0.15) is 0 Å². The maximum Gasteiger partial charge on any atom is 0.346 e. The Morgan fingerprint density at radius 3 is 0.967 bits per heavy atom. The monoisotopic (exact) mass is 504 g/mol. The first-order valence-electron chi connectivity index (χ1n) is 9.91. The number of ether oxygens (including phenoxy) is 3. The van der Waals surface area contributed by atoms with Crippen LogP contribution in [0.1, 0.15) is 83.1 Å². The molecule has 0 aliphatic rings. The Labute approximate surface area is 200 Å². The fourth-order valence-corrected chi connectivity index (χ4v) is 2.85. The van der Waals surface area contributed by atoms with Gasteiger partial charge in [0.2, 0.25) is 11.2 Å². The van der Waals surface area contributed by atoms with Crippen molar-refractivity contribution in [3.8, 4) is 0 Å². The van der Waals surface area contributed by atoms with E-state index >= 15 is 0 Å². The third-order valence-corrected chi connectivity index (χ3v) is 4.10. The molecule has 0 N–H and O–H groups in total. The number of rotatable bonds is 8. The molecular formula is C22H38O7Zr. The molecular weight excluding hydrogens is 467 g/mol. The summed E-state index contributed by atoms with van der Waals surface area (Å²) in [5.41, 5.74) is -6.38. The molecule has 0 heterocycles. The van der Waals surface area contributed by atoms with Crippen molar-refractivity contribution in [2.45, 2.75) is 106 Å². The molecule has 0 amide bonds. The second-order valence-electron chi connectivity index (χ2n) is 10.2. The van der Waals surface area contributed by atoms with Gasteiger partial charge in [-0.05, 0) is 41.5 Å². The molecule has 0 fully saturated rings. The van der Waals surface area contributed by atoms with Gasteiger partial charge in [0.15, 0.2) is 11.6 Å². The minimum Gasteiger partial charge on any atom is -0.460 e. The van der Waals surface area contributed by atoms with Crippen LogP contribution in [0.5, 0.6) is 0 Å². The van der Waals surface area contributed by atoms with Gasteiger partial charge >= 0.3 is 11.9 Å². The van der Waals surface area contributed by atoms with Crippen LogP contribution >= 0.6 is 0 Å². The molecule has 7 nitrogen and oxygen atoms in total. The van der Waals surface area contributed by atoms with E-state index in [1.165, 1.54) is 13.8 Å². The molecule has 0 bridgehead atoms. The quantitative estimate of drug-likeness (QED) is 0.367. The van der Waals surface area contributed by atoms with Crippen molar-refractivity contribution < 1.29 is 59.6 Å². The summed E-state index contributed by atoms with van der Waals surface area (Å²) in [5, 5.41) is 0. The third kappa shape index (κ3) is 7.67. The van der Waals surface area contributed by atoms with E-state index in [1.807, 2.05) is 0 Å². The topological polar surface area (TPSA) is 96.0 Å². The van der Waals surface area contributed by atoms with E-state index in [9.17, 15) is 19.2 Å². The zero-order chi connectivity index (χ0) is 23.6. The van der Waals surface area contributed by atoms with Crippen molar-refractivity contribution in [1.82, 2.24) is 0 Å². The van der Waals surface area contributed by atoms with Gasteiger partial charge < -0.3 is 14.2 Å². The van der Waals surface area contributed by atoms with Crippen LogP contribution in [0.15, 0.2) is 0 Å². The Morgan fingerprint density at radius 1 is 0.567 bits per heavy atom. The van der Waals surface area contributed by atoms with Gasteiger partial charge in [0, 0.05) is 37.0 Å². The van der Waals surface area contributed by atoms with Crippen LogP contribution in [0.2, 0.25) is 0 Å². The SMILES string of the molecule is CC(C)OC(=O)C(C)(OC(C)(C(=O)OC(C)C)C(=O)C(C)(C)C)C(=O)C(C)(C)C.[Zr]. The zero-order valence-corrected chi connectivity index (χ0v) is 23.0. The molecule has 0 saturated heterocycles. The molecule has 0 spiro atoms. The summed E-state index contributed by atoms with van der Waals surface area (Å²) in [6.07, 6.45) is -1.05. The Morgan fingerprint density at radius 2 is 0.800 bits per heavy atom. The summed E-state index contributed by atoms with van der Waals surface area (Å²) in [6.45, 7) is 18.7. The van der Waals surface area contributed by atoms with E-state index in [1.54, 1.807) is 69.2 Å². The first kappa shape index (κ1) is 31.3. The van der Waals surface area contributed by atoms with Crippen LogP contribution in [-0.2, 0) is 59.6 Å². The van der Waals surface area contributed by atoms with E-state index in [2.05, 4.69) is 0 Å².